The number of rotatable bonds is 6. The van der Waals surface area contributed by atoms with Gasteiger partial charge in [-0.05, 0) is 30.7 Å². The Kier molecular flexibility index (Phi) is 4.98. The summed E-state index contributed by atoms with van der Waals surface area (Å²) in [6.45, 7) is 1.96. The molecule has 0 aliphatic carbocycles. The van der Waals surface area contributed by atoms with E-state index in [1.165, 1.54) is 0 Å². The van der Waals surface area contributed by atoms with Crippen LogP contribution >= 0.6 is 0 Å². The first kappa shape index (κ1) is 14.4. The molecule has 4 heteroatoms. The van der Waals surface area contributed by atoms with Gasteiger partial charge in [0.05, 0.1) is 18.4 Å². The van der Waals surface area contributed by atoms with E-state index in [2.05, 4.69) is 5.32 Å². The fourth-order valence-corrected chi connectivity index (χ4v) is 1.85. The van der Waals surface area contributed by atoms with E-state index in [9.17, 15) is 5.11 Å². The predicted molar refractivity (Wildman–Crippen MR) is 79.3 cm³/mol. The minimum Gasteiger partial charge on any atom is -0.455 e. The Labute approximate surface area is 118 Å². The number of aliphatic hydroxyl groups excluding tert-OH is 2. The van der Waals surface area contributed by atoms with E-state index in [1.54, 1.807) is 0 Å². The Hall–Kier alpha value is -2.04. The molecule has 1 atom stereocenters. The molecule has 4 nitrogen and oxygen atoms in total. The molecule has 0 saturated carbocycles. The lowest BCUT2D eigenvalue weighted by atomic mass is 10.1. The average molecular weight is 273 g/mol. The quantitative estimate of drug-likeness (QED) is 0.757. The molecular formula is C16H19NO3. The fraction of sp³-hybridized carbons (Fsp3) is 0.250. The number of ether oxygens (including phenoxy) is 1. The predicted octanol–water partition coefficient (Wildman–Crippen LogP) is 2.55. The maximum atomic E-state index is 9.44. The van der Waals surface area contributed by atoms with Crippen molar-refractivity contribution in [2.75, 3.05) is 18.5 Å². The SMILES string of the molecule is Cc1cccc(Oc2ccccc2)c1NCC(O)CO. The van der Waals surface area contributed by atoms with Gasteiger partial charge in [0.2, 0.25) is 0 Å². The summed E-state index contributed by atoms with van der Waals surface area (Å²) in [5.41, 5.74) is 1.84. The second-order valence-corrected chi connectivity index (χ2v) is 4.58. The Bertz CT molecular complexity index is 543. The summed E-state index contributed by atoms with van der Waals surface area (Å²) in [6.07, 6.45) is -0.792. The zero-order valence-electron chi connectivity index (χ0n) is 11.4. The number of anilines is 1. The van der Waals surface area contributed by atoms with Crippen LogP contribution in [-0.4, -0.2) is 29.5 Å². The van der Waals surface area contributed by atoms with Crippen LogP contribution in [0, 0.1) is 6.92 Å². The zero-order chi connectivity index (χ0) is 14.4. The molecular weight excluding hydrogens is 254 g/mol. The average Bonchev–Trinajstić information content (AvgIpc) is 2.47. The van der Waals surface area contributed by atoms with Crippen LogP contribution in [0.15, 0.2) is 48.5 Å². The summed E-state index contributed by atoms with van der Waals surface area (Å²) in [7, 11) is 0. The highest BCUT2D eigenvalue weighted by Gasteiger charge is 2.09. The Morgan fingerprint density at radius 2 is 1.85 bits per heavy atom. The molecule has 0 radical (unpaired) electrons. The Morgan fingerprint density at radius 3 is 2.55 bits per heavy atom. The first-order chi connectivity index (χ1) is 9.70. The molecule has 0 aromatic heterocycles. The van der Waals surface area contributed by atoms with Gasteiger partial charge in [0.15, 0.2) is 5.75 Å². The van der Waals surface area contributed by atoms with Crippen molar-refractivity contribution >= 4 is 5.69 Å². The molecule has 0 fully saturated rings. The van der Waals surface area contributed by atoms with E-state index in [0.717, 1.165) is 17.0 Å². The van der Waals surface area contributed by atoms with Crippen molar-refractivity contribution in [3.8, 4) is 11.5 Å². The van der Waals surface area contributed by atoms with Crippen LogP contribution in [0.4, 0.5) is 5.69 Å². The van der Waals surface area contributed by atoms with Gasteiger partial charge in [-0.25, -0.2) is 0 Å². The first-order valence-corrected chi connectivity index (χ1v) is 6.56. The molecule has 0 bridgehead atoms. The largest absolute Gasteiger partial charge is 0.455 e. The van der Waals surface area contributed by atoms with Gasteiger partial charge >= 0.3 is 0 Å². The van der Waals surface area contributed by atoms with Crippen LogP contribution in [0.5, 0.6) is 11.5 Å². The van der Waals surface area contributed by atoms with Gasteiger partial charge < -0.3 is 20.3 Å². The number of nitrogens with one attached hydrogen (secondary N) is 1. The second-order valence-electron chi connectivity index (χ2n) is 4.58. The van der Waals surface area contributed by atoms with E-state index in [1.807, 2.05) is 55.5 Å². The highest BCUT2D eigenvalue weighted by molar-refractivity contribution is 5.62. The van der Waals surface area contributed by atoms with Gasteiger partial charge in [0.1, 0.15) is 5.75 Å². The van der Waals surface area contributed by atoms with Crippen LogP contribution in [0.25, 0.3) is 0 Å². The van der Waals surface area contributed by atoms with Crippen molar-refractivity contribution in [2.24, 2.45) is 0 Å². The minimum atomic E-state index is -0.792. The zero-order valence-corrected chi connectivity index (χ0v) is 11.4. The number of hydrogen-bond acceptors (Lipinski definition) is 4. The van der Waals surface area contributed by atoms with Crippen LogP contribution in [0.1, 0.15) is 5.56 Å². The van der Waals surface area contributed by atoms with Crippen molar-refractivity contribution in [2.45, 2.75) is 13.0 Å². The summed E-state index contributed by atoms with van der Waals surface area (Å²) in [5.74, 6) is 1.45. The van der Waals surface area contributed by atoms with Gasteiger partial charge in [-0.2, -0.15) is 0 Å². The molecule has 0 amide bonds. The molecule has 2 rings (SSSR count). The summed E-state index contributed by atoms with van der Waals surface area (Å²) in [5, 5.41) is 21.4. The van der Waals surface area contributed by atoms with Crippen LogP contribution in [-0.2, 0) is 0 Å². The third-order valence-electron chi connectivity index (χ3n) is 2.93. The summed E-state index contributed by atoms with van der Waals surface area (Å²) >= 11 is 0. The molecule has 0 heterocycles. The standard InChI is InChI=1S/C16H19NO3/c1-12-6-5-9-15(16(12)17-10-13(19)11-18)20-14-7-3-2-4-8-14/h2-9,13,17-19H,10-11H2,1H3. The van der Waals surface area contributed by atoms with Crippen molar-refractivity contribution in [3.63, 3.8) is 0 Å². The van der Waals surface area contributed by atoms with Crippen LogP contribution in [0.2, 0.25) is 0 Å². The number of para-hydroxylation sites is 2. The summed E-state index contributed by atoms with van der Waals surface area (Å²) in [6, 6.07) is 15.3. The second kappa shape index (κ2) is 6.93. The highest BCUT2D eigenvalue weighted by Crippen LogP contribution is 2.32. The molecule has 1 unspecified atom stereocenters. The monoisotopic (exact) mass is 273 g/mol. The van der Waals surface area contributed by atoms with Gasteiger partial charge in [-0.1, -0.05) is 30.3 Å². The lowest BCUT2D eigenvalue weighted by Crippen LogP contribution is -2.23. The van der Waals surface area contributed by atoms with E-state index in [0.29, 0.717) is 5.75 Å². The number of hydrogen-bond donors (Lipinski definition) is 3. The fourth-order valence-electron chi connectivity index (χ4n) is 1.85. The molecule has 2 aromatic carbocycles. The minimum absolute atomic E-state index is 0.270. The molecule has 106 valence electrons. The molecule has 0 saturated heterocycles. The van der Waals surface area contributed by atoms with Crippen molar-refractivity contribution in [3.05, 3.63) is 54.1 Å². The van der Waals surface area contributed by atoms with Crippen LogP contribution in [0.3, 0.4) is 0 Å². The van der Waals surface area contributed by atoms with Gasteiger partial charge in [0.25, 0.3) is 0 Å². The van der Waals surface area contributed by atoms with E-state index < -0.39 is 6.10 Å². The first-order valence-electron chi connectivity index (χ1n) is 6.56. The van der Waals surface area contributed by atoms with E-state index >= 15 is 0 Å². The third-order valence-corrected chi connectivity index (χ3v) is 2.93. The number of aryl methyl sites for hydroxylation is 1. The van der Waals surface area contributed by atoms with Crippen LogP contribution < -0.4 is 10.1 Å². The molecule has 0 aliphatic rings. The van der Waals surface area contributed by atoms with Crippen molar-refractivity contribution in [1.82, 2.24) is 0 Å². The van der Waals surface area contributed by atoms with Gasteiger partial charge in [-0.3, -0.25) is 0 Å². The maximum Gasteiger partial charge on any atom is 0.150 e. The molecule has 0 aliphatic heterocycles. The summed E-state index contributed by atoms with van der Waals surface area (Å²) < 4.78 is 5.85. The topological polar surface area (TPSA) is 61.7 Å². The lowest BCUT2D eigenvalue weighted by molar-refractivity contribution is 0.105. The Balaban J connectivity index is 2.18. The highest BCUT2D eigenvalue weighted by atomic mass is 16.5. The lowest BCUT2D eigenvalue weighted by Gasteiger charge is -2.17. The molecule has 0 spiro atoms. The third kappa shape index (κ3) is 3.73. The number of benzene rings is 2. The smallest absolute Gasteiger partial charge is 0.150 e. The van der Waals surface area contributed by atoms with Crippen molar-refractivity contribution < 1.29 is 14.9 Å². The summed E-state index contributed by atoms with van der Waals surface area (Å²) in [4.78, 5) is 0. The maximum absolute atomic E-state index is 9.44. The molecule has 2 aromatic rings. The number of aliphatic hydroxyl groups is 2. The van der Waals surface area contributed by atoms with Gasteiger partial charge in [-0.15, -0.1) is 0 Å². The van der Waals surface area contributed by atoms with E-state index in [-0.39, 0.29) is 13.2 Å². The van der Waals surface area contributed by atoms with Gasteiger partial charge in [0, 0.05) is 6.54 Å². The molecule has 20 heavy (non-hydrogen) atoms. The molecule has 3 N–H and O–H groups in total. The Morgan fingerprint density at radius 1 is 1.10 bits per heavy atom. The normalized spacial score (nSPS) is 11.9. The van der Waals surface area contributed by atoms with Crippen molar-refractivity contribution in [1.29, 1.82) is 0 Å². The van der Waals surface area contributed by atoms with E-state index in [4.69, 9.17) is 9.84 Å².